The molecule has 3 nitrogen and oxygen atoms in total. The Labute approximate surface area is 95.8 Å². The first-order valence-electron chi connectivity index (χ1n) is 5.71. The van der Waals surface area contributed by atoms with Crippen LogP contribution in [-0.2, 0) is 16.1 Å². The van der Waals surface area contributed by atoms with Gasteiger partial charge in [-0.05, 0) is 24.4 Å². The van der Waals surface area contributed by atoms with Crippen molar-refractivity contribution in [3.63, 3.8) is 0 Å². The molecule has 0 amide bonds. The van der Waals surface area contributed by atoms with Crippen LogP contribution in [0.25, 0.3) is 0 Å². The first kappa shape index (κ1) is 11.1. The third-order valence-corrected chi connectivity index (χ3v) is 3.01. The standard InChI is InChI=1S/C13H17NO2/c1-10-7-8-14-12(10)13(15)16-9-11-5-3-2-4-6-11/h2-6,10,12,14H,7-9H2,1H3. The Morgan fingerprint density at radius 2 is 2.19 bits per heavy atom. The number of rotatable bonds is 3. The molecule has 1 heterocycles. The number of hydrogen-bond donors (Lipinski definition) is 1. The molecule has 1 aliphatic rings. The Hall–Kier alpha value is -1.35. The maximum atomic E-state index is 11.7. The lowest BCUT2D eigenvalue weighted by Gasteiger charge is -2.14. The number of hydrogen-bond acceptors (Lipinski definition) is 3. The predicted octanol–water partition coefficient (Wildman–Crippen LogP) is 1.73. The zero-order valence-electron chi connectivity index (χ0n) is 9.48. The molecule has 86 valence electrons. The largest absolute Gasteiger partial charge is 0.460 e. The van der Waals surface area contributed by atoms with Crippen LogP contribution in [0.5, 0.6) is 0 Å². The van der Waals surface area contributed by atoms with Crippen LogP contribution in [0, 0.1) is 5.92 Å². The van der Waals surface area contributed by atoms with Crippen molar-refractivity contribution in [1.29, 1.82) is 0 Å². The minimum Gasteiger partial charge on any atom is -0.460 e. The first-order chi connectivity index (χ1) is 7.77. The van der Waals surface area contributed by atoms with E-state index in [1.54, 1.807) is 0 Å². The van der Waals surface area contributed by atoms with Crippen molar-refractivity contribution in [2.24, 2.45) is 5.92 Å². The fourth-order valence-electron chi connectivity index (χ4n) is 1.97. The molecule has 1 saturated heterocycles. The van der Waals surface area contributed by atoms with E-state index in [0.29, 0.717) is 12.5 Å². The van der Waals surface area contributed by atoms with E-state index in [0.717, 1.165) is 18.5 Å². The molecule has 16 heavy (non-hydrogen) atoms. The van der Waals surface area contributed by atoms with Gasteiger partial charge < -0.3 is 10.1 Å². The van der Waals surface area contributed by atoms with Gasteiger partial charge in [-0.3, -0.25) is 4.79 Å². The Balaban J connectivity index is 1.84. The molecule has 0 saturated carbocycles. The topological polar surface area (TPSA) is 38.3 Å². The molecule has 0 radical (unpaired) electrons. The van der Waals surface area contributed by atoms with Crippen LogP contribution in [0.15, 0.2) is 30.3 Å². The molecule has 0 aromatic heterocycles. The third-order valence-electron chi connectivity index (χ3n) is 3.01. The molecule has 1 aliphatic heterocycles. The highest BCUT2D eigenvalue weighted by Gasteiger charge is 2.30. The van der Waals surface area contributed by atoms with Gasteiger partial charge in [0.15, 0.2) is 0 Å². The third kappa shape index (κ3) is 2.61. The molecule has 3 heteroatoms. The molecule has 1 N–H and O–H groups in total. The van der Waals surface area contributed by atoms with Crippen LogP contribution in [0.2, 0.25) is 0 Å². The zero-order chi connectivity index (χ0) is 11.4. The SMILES string of the molecule is CC1CCNC1C(=O)OCc1ccccc1. The van der Waals surface area contributed by atoms with E-state index >= 15 is 0 Å². The zero-order valence-corrected chi connectivity index (χ0v) is 9.48. The summed E-state index contributed by atoms with van der Waals surface area (Å²) < 4.78 is 5.28. The van der Waals surface area contributed by atoms with Gasteiger partial charge in [0.2, 0.25) is 0 Å². The van der Waals surface area contributed by atoms with Crippen LogP contribution >= 0.6 is 0 Å². The Kier molecular flexibility index (Phi) is 3.57. The minimum absolute atomic E-state index is 0.122. The van der Waals surface area contributed by atoms with Crippen molar-refractivity contribution < 1.29 is 9.53 Å². The lowest BCUT2D eigenvalue weighted by atomic mass is 10.0. The quantitative estimate of drug-likeness (QED) is 0.787. The van der Waals surface area contributed by atoms with Crippen molar-refractivity contribution in [2.75, 3.05) is 6.54 Å². The van der Waals surface area contributed by atoms with Gasteiger partial charge in [0, 0.05) is 0 Å². The predicted molar refractivity (Wildman–Crippen MR) is 61.8 cm³/mol. The Bertz CT molecular complexity index is 350. The summed E-state index contributed by atoms with van der Waals surface area (Å²) >= 11 is 0. The second-order valence-electron chi connectivity index (χ2n) is 4.29. The van der Waals surface area contributed by atoms with Crippen molar-refractivity contribution in [3.05, 3.63) is 35.9 Å². The lowest BCUT2D eigenvalue weighted by Crippen LogP contribution is -2.36. The summed E-state index contributed by atoms with van der Waals surface area (Å²) in [7, 11) is 0. The molecule has 2 rings (SSSR count). The van der Waals surface area contributed by atoms with Crippen LogP contribution < -0.4 is 5.32 Å². The van der Waals surface area contributed by atoms with Crippen LogP contribution in [-0.4, -0.2) is 18.6 Å². The van der Waals surface area contributed by atoms with Gasteiger partial charge in [-0.1, -0.05) is 37.3 Å². The summed E-state index contributed by atoms with van der Waals surface area (Å²) in [5.74, 6) is 0.247. The molecule has 2 unspecified atom stereocenters. The second kappa shape index (κ2) is 5.12. The van der Waals surface area contributed by atoms with E-state index < -0.39 is 0 Å². The smallest absolute Gasteiger partial charge is 0.323 e. The summed E-state index contributed by atoms with van der Waals surface area (Å²) in [5, 5.41) is 3.17. The number of ether oxygens (including phenoxy) is 1. The number of benzene rings is 1. The van der Waals surface area contributed by atoms with Gasteiger partial charge in [0.05, 0.1) is 0 Å². The number of nitrogens with one attached hydrogen (secondary N) is 1. The summed E-state index contributed by atoms with van der Waals surface area (Å²) in [5.41, 5.74) is 1.03. The number of esters is 1. The number of carbonyl (C=O) groups excluding carboxylic acids is 1. The fourth-order valence-corrected chi connectivity index (χ4v) is 1.97. The highest BCUT2D eigenvalue weighted by molar-refractivity contribution is 5.76. The van der Waals surface area contributed by atoms with Gasteiger partial charge >= 0.3 is 5.97 Å². The van der Waals surface area contributed by atoms with Gasteiger partial charge in [0.25, 0.3) is 0 Å². The summed E-state index contributed by atoms with van der Waals surface area (Å²) in [6.07, 6.45) is 1.05. The van der Waals surface area contributed by atoms with E-state index in [4.69, 9.17) is 4.74 Å². The van der Waals surface area contributed by atoms with Crippen LogP contribution in [0.1, 0.15) is 18.9 Å². The van der Waals surface area contributed by atoms with E-state index in [9.17, 15) is 4.79 Å². The van der Waals surface area contributed by atoms with Crippen molar-refractivity contribution >= 4 is 5.97 Å². The summed E-state index contributed by atoms with van der Waals surface area (Å²) in [6.45, 7) is 3.35. The minimum atomic E-state index is -0.131. The molecular formula is C13H17NO2. The molecule has 0 bridgehead atoms. The maximum absolute atomic E-state index is 11.7. The highest BCUT2D eigenvalue weighted by atomic mass is 16.5. The average Bonchev–Trinajstić information content (AvgIpc) is 2.74. The number of carbonyl (C=O) groups is 1. The van der Waals surface area contributed by atoms with Crippen LogP contribution in [0.4, 0.5) is 0 Å². The Morgan fingerprint density at radius 1 is 1.44 bits per heavy atom. The van der Waals surface area contributed by atoms with Crippen molar-refractivity contribution in [3.8, 4) is 0 Å². The summed E-state index contributed by atoms with van der Waals surface area (Å²) in [4.78, 5) is 11.7. The average molecular weight is 219 g/mol. The van der Waals surface area contributed by atoms with Gasteiger partial charge in [-0.2, -0.15) is 0 Å². The molecule has 1 aromatic rings. The van der Waals surface area contributed by atoms with E-state index in [1.807, 2.05) is 30.3 Å². The van der Waals surface area contributed by atoms with Crippen molar-refractivity contribution in [2.45, 2.75) is 26.0 Å². The normalized spacial score (nSPS) is 24.3. The molecule has 1 fully saturated rings. The molecular weight excluding hydrogens is 202 g/mol. The van der Waals surface area contributed by atoms with Gasteiger partial charge in [0.1, 0.15) is 12.6 Å². The molecule has 0 spiro atoms. The molecule has 2 atom stereocenters. The molecule has 0 aliphatic carbocycles. The van der Waals surface area contributed by atoms with E-state index in [2.05, 4.69) is 12.2 Å². The van der Waals surface area contributed by atoms with Crippen LogP contribution in [0.3, 0.4) is 0 Å². The second-order valence-corrected chi connectivity index (χ2v) is 4.29. The van der Waals surface area contributed by atoms with Gasteiger partial charge in [-0.25, -0.2) is 0 Å². The van der Waals surface area contributed by atoms with E-state index in [1.165, 1.54) is 0 Å². The summed E-state index contributed by atoms with van der Waals surface area (Å²) in [6, 6.07) is 9.63. The monoisotopic (exact) mass is 219 g/mol. The maximum Gasteiger partial charge on any atom is 0.323 e. The Morgan fingerprint density at radius 3 is 2.81 bits per heavy atom. The van der Waals surface area contributed by atoms with Crippen molar-refractivity contribution in [1.82, 2.24) is 5.32 Å². The van der Waals surface area contributed by atoms with Gasteiger partial charge in [-0.15, -0.1) is 0 Å². The fraction of sp³-hybridized carbons (Fsp3) is 0.462. The first-order valence-corrected chi connectivity index (χ1v) is 5.71. The lowest BCUT2D eigenvalue weighted by molar-refractivity contribution is -0.148. The molecule has 1 aromatic carbocycles. The van der Waals surface area contributed by atoms with E-state index in [-0.39, 0.29) is 12.0 Å². The highest BCUT2D eigenvalue weighted by Crippen LogP contribution is 2.16.